The Balaban J connectivity index is 0. The van der Waals surface area contributed by atoms with E-state index in [0.29, 0.717) is 0 Å². The number of carbonyl (C=O) groups excluding carboxylic acids is 1. The maximum Gasteiger partial charge on any atom is 2.00 e. The zero-order valence-electron chi connectivity index (χ0n) is 1.72. The first-order valence-electron chi connectivity index (χ1n) is 0.454. The largest absolute Gasteiger partial charge is 2.00 e. The van der Waals surface area contributed by atoms with E-state index in [9.17, 15) is 0 Å². The second-order valence-corrected chi connectivity index (χ2v) is 0.267. The molecule has 0 spiro atoms. The molecule has 0 saturated heterocycles. The van der Waals surface area contributed by atoms with Crippen LogP contribution in [0, 0.1) is 0 Å². The minimum absolute atomic E-state index is 0. The Bertz CT molecular complexity index is 15.5. The van der Waals surface area contributed by atoms with Gasteiger partial charge in [0.2, 0.25) is 5.75 Å². The third-order valence-corrected chi connectivity index (χ3v) is 0. The van der Waals surface area contributed by atoms with Gasteiger partial charge in [-0.05, 0) is 11.6 Å². The van der Waals surface area contributed by atoms with Crippen molar-refractivity contribution in [1.29, 1.82) is 0 Å². The Labute approximate surface area is 42.1 Å². The number of rotatable bonds is 0. The summed E-state index contributed by atoms with van der Waals surface area (Å²) in [5.41, 5.74) is 0. The summed E-state index contributed by atoms with van der Waals surface area (Å²) in [5.74, 6) is 0.222. The first kappa shape index (κ1) is 8.82. The number of hydrogen-bond donors (Lipinski definition) is 0. The van der Waals surface area contributed by atoms with Crippen LogP contribution in [0.4, 0.5) is 0 Å². The molecule has 0 N–H and O–H groups in total. The number of carbonyl (C=O) groups is 1. The van der Waals surface area contributed by atoms with Gasteiger partial charge in [0.15, 0.2) is 0 Å². The van der Waals surface area contributed by atoms with Crippen molar-refractivity contribution in [3.05, 3.63) is 0 Å². The van der Waals surface area contributed by atoms with Gasteiger partial charge in [0.05, 0.1) is 0 Å². The van der Waals surface area contributed by atoms with Crippen LogP contribution in [0.2, 0.25) is 0 Å². The van der Waals surface area contributed by atoms with Crippen molar-refractivity contribution in [3.63, 3.8) is 0 Å². The summed E-state index contributed by atoms with van der Waals surface area (Å²) in [6, 6.07) is 0. The van der Waals surface area contributed by atoms with E-state index in [-0.39, 0.29) is 25.2 Å². The van der Waals surface area contributed by atoms with Gasteiger partial charge in [-0.3, -0.25) is 4.79 Å². The Morgan fingerprint density at radius 1 is 1.75 bits per heavy atom. The molecule has 0 fully saturated rings. The van der Waals surface area contributed by atoms with Crippen molar-refractivity contribution in [2.75, 3.05) is 0 Å². The van der Waals surface area contributed by atoms with Crippen LogP contribution in [-0.4, -0.2) is 5.75 Å². The molecule has 0 amide bonds. The van der Waals surface area contributed by atoms with Crippen molar-refractivity contribution in [3.8, 4) is 0 Å². The van der Waals surface area contributed by atoms with E-state index in [1.165, 1.54) is 0 Å². The SMILES string of the molecule is O=CCl.[Ru+2]. The fourth-order valence-electron chi connectivity index (χ4n) is 0. The summed E-state index contributed by atoms with van der Waals surface area (Å²) in [5, 5.41) is 0. The second-order valence-electron chi connectivity index (χ2n) is 0.0891. The summed E-state index contributed by atoms with van der Waals surface area (Å²) in [6.07, 6.45) is 0. The average molecular weight is 166 g/mol. The van der Waals surface area contributed by atoms with E-state index in [0.717, 1.165) is 0 Å². The van der Waals surface area contributed by atoms with Crippen LogP contribution in [0.25, 0.3) is 0 Å². The van der Waals surface area contributed by atoms with Gasteiger partial charge in [0.25, 0.3) is 0 Å². The van der Waals surface area contributed by atoms with Gasteiger partial charge in [-0.2, -0.15) is 0 Å². The molecular formula is CHClORu+2. The Kier molecular flexibility index (Phi) is 21.0. The van der Waals surface area contributed by atoms with Crippen LogP contribution in [0.5, 0.6) is 0 Å². The van der Waals surface area contributed by atoms with Gasteiger partial charge < -0.3 is 0 Å². The van der Waals surface area contributed by atoms with Gasteiger partial charge >= 0.3 is 19.5 Å². The van der Waals surface area contributed by atoms with Gasteiger partial charge in [-0.25, -0.2) is 0 Å². The van der Waals surface area contributed by atoms with Crippen LogP contribution in [0.3, 0.4) is 0 Å². The van der Waals surface area contributed by atoms with E-state index in [1.807, 2.05) is 0 Å². The van der Waals surface area contributed by atoms with Gasteiger partial charge in [-0.15, -0.1) is 0 Å². The molecule has 1 nitrogen and oxygen atoms in total. The third-order valence-electron chi connectivity index (χ3n) is 0. The predicted octanol–water partition coefficient (Wildman–Crippen LogP) is 0.413. The summed E-state index contributed by atoms with van der Waals surface area (Å²) >= 11 is 4.32. The summed E-state index contributed by atoms with van der Waals surface area (Å²) in [4.78, 5) is 8.57. The maximum atomic E-state index is 8.57. The van der Waals surface area contributed by atoms with Crippen LogP contribution in [0.15, 0.2) is 0 Å². The molecule has 24 valence electrons. The third kappa shape index (κ3) is 19.0. The smallest absolute Gasteiger partial charge is 0.285 e. The van der Waals surface area contributed by atoms with Gasteiger partial charge in [0, 0.05) is 0 Å². The fourth-order valence-corrected chi connectivity index (χ4v) is 0. The molecule has 3 heteroatoms. The van der Waals surface area contributed by atoms with E-state index in [2.05, 4.69) is 11.6 Å². The Morgan fingerprint density at radius 2 is 1.75 bits per heavy atom. The molecule has 0 radical (unpaired) electrons. The fraction of sp³-hybridized carbons (Fsp3) is 0. The van der Waals surface area contributed by atoms with Crippen molar-refractivity contribution < 1.29 is 24.3 Å². The molecular weight excluding hydrogens is 165 g/mol. The van der Waals surface area contributed by atoms with Crippen LogP contribution >= 0.6 is 11.6 Å². The Hall–Kier alpha value is 0.583. The normalized spacial score (nSPS) is 3.25. The zero-order chi connectivity index (χ0) is 2.71. The molecule has 0 unspecified atom stereocenters. The van der Waals surface area contributed by atoms with E-state index < -0.39 is 0 Å². The van der Waals surface area contributed by atoms with Crippen molar-refractivity contribution in [2.24, 2.45) is 0 Å². The molecule has 4 heavy (non-hydrogen) atoms. The molecule has 0 aromatic carbocycles. The maximum absolute atomic E-state index is 8.57. The summed E-state index contributed by atoms with van der Waals surface area (Å²) in [6.45, 7) is 0. The van der Waals surface area contributed by atoms with Crippen LogP contribution < -0.4 is 0 Å². The molecule has 0 aliphatic heterocycles. The molecule has 0 saturated carbocycles. The molecule has 0 aromatic rings. The molecule has 0 rings (SSSR count). The first-order chi connectivity index (χ1) is 1.41. The first-order valence-corrected chi connectivity index (χ1v) is 0.890. The van der Waals surface area contributed by atoms with Crippen molar-refractivity contribution in [2.45, 2.75) is 0 Å². The topological polar surface area (TPSA) is 17.1 Å². The predicted molar refractivity (Wildman–Crippen MR) is 12.6 cm³/mol. The van der Waals surface area contributed by atoms with E-state index in [4.69, 9.17) is 4.79 Å². The summed E-state index contributed by atoms with van der Waals surface area (Å²) in [7, 11) is 0. The van der Waals surface area contributed by atoms with E-state index in [1.54, 1.807) is 0 Å². The van der Waals surface area contributed by atoms with Gasteiger partial charge in [0.1, 0.15) is 0 Å². The minimum atomic E-state index is 0. The summed E-state index contributed by atoms with van der Waals surface area (Å²) < 4.78 is 0. The minimum Gasteiger partial charge on any atom is -0.285 e. The molecule has 0 bridgehead atoms. The standard InChI is InChI=1S/CHClO.Ru/c2-1-3;/h1H;/q;+2. The zero-order valence-corrected chi connectivity index (χ0v) is 4.21. The quantitative estimate of drug-likeness (QED) is 0.289. The van der Waals surface area contributed by atoms with Crippen LogP contribution in [0.1, 0.15) is 0 Å². The Morgan fingerprint density at radius 3 is 1.75 bits per heavy atom. The average Bonchev–Trinajstić information content (AvgIpc) is 0.918. The van der Waals surface area contributed by atoms with E-state index >= 15 is 0 Å². The molecule has 0 aliphatic rings. The van der Waals surface area contributed by atoms with Crippen molar-refractivity contribution >= 4 is 17.3 Å². The number of halogens is 1. The molecule has 0 atom stereocenters. The molecule has 0 aromatic heterocycles. The monoisotopic (exact) mass is 166 g/mol. The molecule has 0 heterocycles. The molecule has 0 aliphatic carbocycles. The van der Waals surface area contributed by atoms with Crippen molar-refractivity contribution in [1.82, 2.24) is 0 Å². The second kappa shape index (κ2) is 9.54. The number of hydrogen-bond acceptors (Lipinski definition) is 1. The van der Waals surface area contributed by atoms with Crippen LogP contribution in [-0.2, 0) is 24.3 Å². The van der Waals surface area contributed by atoms with Gasteiger partial charge in [-0.1, -0.05) is 0 Å².